The summed E-state index contributed by atoms with van der Waals surface area (Å²) in [5.41, 5.74) is 1.42. The Morgan fingerprint density at radius 1 is 0.963 bits per heavy atom. The van der Waals surface area contributed by atoms with Crippen LogP contribution in [-0.4, -0.2) is 50.1 Å². The quantitative estimate of drug-likeness (QED) is 0.762. The van der Waals surface area contributed by atoms with Gasteiger partial charge in [-0.15, -0.1) is 0 Å². The number of hydrogen-bond donors (Lipinski definition) is 1. The largest absolute Gasteiger partial charge is 0.490 e. The van der Waals surface area contributed by atoms with Gasteiger partial charge in [0.05, 0.1) is 23.4 Å². The molecule has 1 fully saturated rings. The standard InChI is InChI=1S/C21H24N2O4/c1-26-14-15-27-19-11-5-3-9-17(19)20(24)22-18-10-4-2-8-16(18)21(25)23-12-6-7-13-23/h2-5,8-11H,6-7,12-15H2,1H3,(H,22,24). The minimum atomic E-state index is -0.315. The SMILES string of the molecule is COCCOc1ccccc1C(=O)Nc1ccccc1C(=O)N1CCCC1. The van der Waals surface area contributed by atoms with E-state index < -0.39 is 0 Å². The number of nitrogens with zero attached hydrogens (tertiary/aromatic N) is 1. The average Bonchev–Trinajstić information content (AvgIpc) is 3.23. The summed E-state index contributed by atoms with van der Waals surface area (Å²) in [5, 5.41) is 2.86. The summed E-state index contributed by atoms with van der Waals surface area (Å²) in [5.74, 6) is 0.119. The molecule has 1 heterocycles. The fourth-order valence-corrected chi connectivity index (χ4v) is 3.07. The molecule has 1 aliphatic rings. The molecular formula is C21H24N2O4. The maximum atomic E-state index is 12.8. The Labute approximate surface area is 159 Å². The van der Waals surface area contributed by atoms with Crippen LogP contribution in [-0.2, 0) is 4.74 Å². The molecule has 0 aromatic heterocycles. The highest BCUT2D eigenvalue weighted by atomic mass is 16.5. The zero-order chi connectivity index (χ0) is 19.1. The van der Waals surface area contributed by atoms with Crippen LogP contribution in [0.25, 0.3) is 0 Å². The lowest BCUT2D eigenvalue weighted by Crippen LogP contribution is -2.28. The molecule has 142 valence electrons. The molecule has 1 saturated heterocycles. The van der Waals surface area contributed by atoms with E-state index in [4.69, 9.17) is 9.47 Å². The molecule has 1 N–H and O–H groups in total. The second kappa shape index (κ2) is 9.19. The van der Waals surface area contributed by atoms with E-state index in [2.05, 4.69) is 5.32 Å². The summed E-state index contributed by atoms with van der Waals surface area (Å²) < 4.78 is 10.6. The van der Waals surface area contributed by atoms with E-state index in [9.17, 15) is 9.59 Å². The number of ether oxygens (including phenoxy) is 2. The summed E-state index contributed by atoms with van der Waals surface area (Å²) in [6.07, 6.45) is 2.04. The maximum absolute atomic E-state index is 12.8. The molecule has 6 heteroatoms. The molecule has 0 spiro atoms. The number of carbonyl (C=O) groups is 2. The third-order valence-electron chi connectivity index (χ3n) is 4.48. The van der Waals surface area contributed by atoms with Crippen molar-refractivity contribution < 1.29 is 19.1 Å². The Bertz CT molecular complexity index is 800. The van der Waals surface area contributed by atoms with E-state index in [1.54, 1.807) is 49.6 Å². The van der Waals surface area contributed by atoms with Crippen LogP contribution in [0.15, 0.2) is 48.5 Å². The van der Waals surface area contributed by atoms with E-state index in [0.717, 1.165) is 25.9 Å². The molecule has 6 nitrogen and oxygen atoms in total. The predicted octanol–water partition coefficient (Wildman–Crippen LogP) is 3.20. The third-order valence-corrected chi connectivity index (χ3v) is 4.48. The Balaban J connectivity index is 1.78. The molecular weight excluding hydrogens is 344 g/mol. The van der Waals surface area contributed by atoms with Crippen molar-refractivity contribution in [1.29, 1.82) is 0 Å². The van der Waals surface area contributed by atoms with Gasteiger partial charge >= 0.3 is 0 Å². The van der Waals surface area contributed by atoms with Crippen molar-refractivity contribution in [2.24, 2.45) is 0 Å². The molecule has 0 bridgehead atoms. The summed E-state index contributed by atoms with van der Waals surface area (Å²) in [6.45, 7) is 2.31. The normalized spacial score (nSPS) is 13.4. The van der Waals surface area contributed by atoms with Gasteiger partial charge in [0.25, 0.3) is 11.8 Å². The molecule has 2 aromatic rings. The van der Waals surface area contributed by atoms with Gasteiger partial charge in [-0.05, 0) is 37.1 Å². The van der Waals surface area contributed by atoms with Crippen molar-refractivity contribution in [2.45, 2.75) is 12.8 Å². The Hall–Kier alpha value is -2.86. The van der Waals surface area contributed by atoms with E-state index >= 15 is 0 Å². The van der Waals surface area contributed by atoms with Gasteiger partial charge in [-0.25, -0.2) is 0 Å². The maximum Gasteiger partial charge on any atom is 0.259 e. The highest BCUT2D eigenvalue weighted by Gasteiger charge is 2.23. The van der Waals surface area contributed by atoms with Crippen molar-refractivity contribution in [3.05, 3.63) is 59.7 Å². The number of anilines is 1. The average molecular weight is 368 g/mol. The summed E-state index contributed by atoms with van der Waals surface area (Å²) in [6, 6.07) is 14.1. The van der Waals surface area contributed by atoms with E-state index in [1.165, 1.54) is 0 Å². The summed E-state index contributed by atoms with van der Waals surface area (Å²) in [7, 11) is 1.59. The van der Waals surface area contributed by atoms with E-state index in [-0.39, 0.29) is 11.8 Å². The van der Waals surface area contributed by atoms with Crippen molar-refractivity contribution in [1.82, 2.24) is 4.90 Å². The van der Waals surface area contributed by atoms with Crippen molar-refractivity contribution in [2.75, 3.05) is 38.7 Å². The second-order valence-electron chi connectivity index (χ2n) is 6.34. The van der Waals surface area contributed by atoms with Crippen LogP contribution in [0.2, 0.25) is 0 Å². The highest BCUT2D eigenvalue weighted by molar-refractivity contribution is 6.10. The Morgan fingerprint density at radius 3 is 2.37 bits per heavy atom. The first-order valence-corrected chi connectivity index (χ1v) is 9.11. The molecule has 0 radical (unpaired) electrons. The van der Waals surface area contributed by atoms with E-state index in [1.807, 2.05) is 11.0 Å². The smallest absolute Gasteiger partial charge is 0.259 e. The van der Waals surface area contributed by atoms with Crippen molar-refractivity contribution in [3.63, 3.8) is 0 Å². The fourth-order valence-electron chi connectivity index (χ4n) is 3.07. The number of benzene rings is 2. The lowest BCUT2D eigenvalue weighted by Gasteiger charge is -2.18. The summed E-state index contributed by atoms with van der Waals surface area (Å²) in [4.78, 5) is 27.4. The van der Waals surface area contributed by atoms with Crippen LogP contribution < -0.4 is 10.1 Å². The fraction of sp³-hybridized carbons (Fsp3) is 0.333. The van der Waals surface area contributed by atoms with Gasteiger partial charge in [-0.1, -0.05) is 24.3 Å². The summed E-state index contributed by atoms with van der Waals surface area (Å²) >= 11 is 0. The van der Waals surface area contributed by atoms with Gasteiger partial charge in [-0.3, -0.25) is 9.59 Å². The third kappa shape index (κ3) is 4.65. The highest BCUT2D eigenvalue weighted by Crippen LogP contribution is 2.23. The number of carbonyl (C=O) groups excluding carboxylic acids is 2. The first kappa shape index (κ1) is 18.9. The Morgan fingerprint density at radius 2 is 1.63 bits per heavy atom. The van der Waals surface area contributed by atoms with Gasteiger partial charge in [0.15, 0.2) is 0 Å². The molecule has 0 atom stereocenters. The molecule has 2 aromatic carbocycles. The number of rotatable bonds is 7. The van der Waals surface area contributed by atoms with Gasteiger partial charge in [0.1, 0.15) is 12.4 Å². The van der Waals surface area contributed by atoms with Crippen LogP contribution in [0, 0.1) is 0 Å². The minimum Gasteiger partial charge on any atom is -0.490 e. The van der Waals surface area contributed by atoms with Gasteiger partial charge < -0.3 is 19.7 Å². The lowest BCUT2D eigenvalue weighted by molar-refractivity contribution is 0.0794. The molecule has 2 amide bonds. The van der Waals surface area contributed by atoms with Crippen LogP contribution in [0.1, 0.15) is 33.6 Å². The lowest BCUT2D eigenvalue weighted by atomic mass is 10.1. The molecule has 1 aliphatic heterocycles. The zero-order valence-corrected chi connectivity index (χ0v) is 15.4. The van der Waals surface area contributed by atoms with Crippen molar-refractivity contribution >= 4 is 17.5 Å². The van der Waals surface area contributed by atoms with Gasteiger partial charge in [-0.2, -0.15) is 0 Å². The topological polar surface area (TPSA) is 67.9 Å². The van der Waals surface area contributed by atoms with Crippen LogP contribution in [0.3, 0.4) is 0 Å². The van der Waals surface area contributed by atoms with Crippen LogP contribution >= 0.6 is 0 Å². The van der Waals surface area contributed by atoms with Gasteiger partial charge in [0.2, 0.25) is 0 Å². The number of amides is 2. The second-order valence-corrected chi connectivity index (χ2v) is 6.34. The predicted molar refractivity (Wildman–Crippen MR) is 103 cm³/mol. The number of likely N-dealkylation sites (tertiary alicyclic amines) is 1. The van der Waals surface area contributed by atoms with Gasteiger partial charge in [0, 0.05) is 20.2 Å². The monoisotopic (exact) mass is 368 g/mol. The molecule has 3 rings (SSSR count). The van der Waals surface area contributed by atoms with Crippen LogP contribution in [0.5, 0.6) is 5.75 Å². The minimum absolute atomic E-state index is 0.0481. The molecule has 27 heavy (non-hydrogen) atoms. The Kier molecular flexibility index (Phi) is 6.44. The first-order chi connectivity index (χ1) is 13.2. The first-order valence-electron chi connectivity index (χ1n) is 9.11. The van der Waals surface area contributed by atoms with E-state index in [0.29, 0.717) is 35.8 Å². The number of methoxy groups -OCH3 is 1. The number of hydrogen-bond acceptors (Lipinski definition) is 4. The molecule has 0 saturated carbocycles. The zero-order valence-electron chi connectivity index (χ0n) is 15.4. The number of nitrogens with one attached hydrogen (secondary N) is 1. The number of para-hydroxylation sites is 2. The molecule has 0 aliphatic carbocycles. The van der Waals surface area contributed by atoms with Crippen LogP contribution in [0.4, 0.5) is 5.69 Å². The molecule has 0 unspecified atom stereocenters. The van der Waals surface area contributed by atoms with Crippen molar-refractivity contribution in [3.8, 4) is 5.75 Å².